The van der Waals surface area contributed by atoms with Crippen molar-refractivity contribution < 1.29 is 9.90 Å². The third kappa shape index (κ3) is 2.17. The number of rotatable bonds is 3. The van der Waals surface area contributed by atoms with Crippen molar-refractivity contribution in [1.82, 2.24) is 0 Å². The quantitative estimate of drug-likeness (QED) is 0.799. The van der Waals surface area contributed by atoms with Gasteiger partial charge in [-0.25, -0.2) is 0 Å². The van der Waals surface area contributed by atoms with Crippen molar-refractivity contribution in [2.75, 3.05) is 30.4 Å². The Morgan fingerprint density at radius 1 is 1.44 bits per heavy atom. The summed E-state index contributed by atoms with van der Waals surface area (Å²) < 4.78 is 0. The topological polar surface area (TPSA) is 52.6 Å². The van der Waals surface area contributed by atoms with Gasteiger partial charge in [0.15, 0.2) is 0 Å². The number of anilines is 2. The summed E-state index contributed by atoms with van der Waals surface area (Å²) in [6.07, 6.45) is 1.35. The molecule has 1 aromatic carbocycles. The normalized spacial score (nSPS) is 14.2. The summed E-state index contributed by atoms with van der Waals surface area (Å²) in [5.41, 5.74) is 3.16. The Labute approximate surface area is 94.9 Å². The molecule has 86 valence electrons. The molecule has 0 atom stereocenters. The number of hydrogen-bond donors (Lipinski definition) is 2. The van der Waals surface area contributed by atoms with Crippen molar-refractivity contribution in [2.45, 2.75) is 12.8 Å². The van der Waals surface area contributed by atoms with Crippen LogP contribution in [0.15, 0.2) is 18.2 Å². The molecule has 0 unspecified atom stereocenters. The Morgan fingerprint density at radius 3 is 3.00 bits per heavy atom. The van der Waals surface area contributed by atoms with Gasteiger partial charge in [-0.05, 0) is 30.2 Å². The van der Waals surface area contributed by atoms with Crippen molar-refractivity contribution >= 4 is 17.3 Å². The zero-order chi connectivity index (χ0) is 11.5. The first kappa shape index (κ1) is 11.0. The van der Waals surface area contributed by atoms with Gasteiger partial charge in [0, 0.05) is 31.4 Å². The molecule has 4 nitrogen and oxygen atoms in total. The number of aryl methyl sites for hydroxylation is 1. The molecule has 0 spiro atoms. The number of carbonyl (C=O) groups is 1. The Hall–Kier alpha value is -1.55. The maximum absolute atomic E-state index is 11.2. The van der Waals surface area contributed by atoms with E-state index in [1.54, 1.807) is 0 Å². The highest BCUT2D eigenvalue weighted by molar-refractivity contribution is 5.94. The molecule has 0 aliphatic carbocycles. The van der Waals surface area contributed by atoms with Gasteiger partial charge in [-0.1, -0.05) is 0 Å². The van der Waals surface area contributed by atoms with Crippen molar-refractivity contribution in [2.24, 2.45) is 0 Å². The van der Waals surface area contributed by atoms with Crippen molar-refractivity contribution in [3.63, 3.8) is 0 Å². The zero-order valence-corrected chi connectivity index (χ0v) is 9.36. The molecule has 1 amide bonds. The molecule has 2 rings (SSSR count). The van der Waals surface area contributed by atoms with Crippen molar-refractivity contribution in [1.29, 1.82) is 0 Å². The van der Waals surface area contributed by atoms with E-state index < -0.39 is 0 Å². The van der Waals surface area contributed by atoms with Gasteiger partial charge in [-0.15, -0.1) is 0 Å². The van der Waals surface area contributed by atoms with Crippen LogP contribution in [0.3, 0.4) is 0 Å². The van der Waals surface area contributed by atoms with Gasteiger partial charge in [0.1, 0.15) is 0 Å². The number of fused-ring (bicyclic) bond motifs is 1. The highest BCUT2D eigenvalue weighted by Gasteiger charge is 2.15. The molecule has 4 heteroatoms. The largest absolute Gasteiger partial charge is 0.395 e. The van der Waals surface area contributed by atoms with Crippen molar-refractivity contribution in [3.8, 4) is 0 Å². The van der Waals surface area contributed by atoms with Gasteiger partial charge in [-0.2, -0.15) is 0 Å². The highest BCUT2D eigenvalue weighted by Crippen LogP contribution is 2.26. The summed E-state index contributed by atoms with van der Waals surface area (Å²) in [5, 5.41) is 11.7. The standard InChI is InChI=1S/C12H16N2O2/c1-14(6-7-15)10-3-4-11-9(8-10)2-5-12(16)13-11/h3-4,8,15H,2,5-7H2,1H3,(H,13,16). The minimum atomic E-state index is 0.0870. The number of amides is 1. The smallest absolute Gasteiger partial charge is 0.224 e. The van der Waals surface area contributed by atoms with Crippen LogP contribution in [0.1, 0.15) is 12.0 Å². The van der Waals surface area contributed by atoms with E-state index in [0.717, 1.165) is 17.8 Å². The lowest BCUT2D eigenvalue weighted by Crippen LogP contribution is -2.23. The second kappa shape index (κ2) is 4.53. The molecule has 16 heavy (non-hydrogen) atoms. The molecular formula is C12H16N2O2. The summed E-state index contributed by atoms with van der Waals surface area (Å²) in [7, 11) is 1.94. The Morgan fingerprint density at radius 2 is 2.25 bits per heavy atom. The lowest BCUT2D eigenvalue weighted by atomic mass is 10.0. The van der Waals surface area contributed by atoms with E-state index in [9.17, 15) is 4.79 Å². The van der Waals surface area contributed by atoms with E-state index in [2.05, 4.69) is 11.4 Å². The van der Waals surface area contributed by atoms with E-state index >= 15 is 0 Å². The number of carbonyl (C=O) groups excluding carboxylic acids is 1. The lowest BCUT2D eigenvalue weighted by molar-refractivity contribution is -0.116. The van der Waals surface area contributed by atoms with Crippen LogP contribution in [0, 0.1) is 0 Å². The highest BCUT2D eigenvalue weighted by atomic mass is 16.3. The first-order valence-corrected chi connectivity index (χ1v) is 5.45. The fourth-order valence-electron chi connectivity index (χ4n) is 1.89. The van der Waals surface area contributed by atoms with Gasteiger partial charge in [0.25, 0.3) is 0 Å². The summed E-state index contributed by atoms with van der Waals surface area (Å²) in [5.74, 6) is 0.0870. The van der Waals surface area contributed by atoms with Crippen LogP contribution in [0.2, 0.25) is 0 Å². The molecule has 0 radical (unpaired) electrons. The van der Waals surface area contributed by atoms with Crippen LogP contribution >= 0.6 is 0 Å². The summed E-state index contributed by atoms with van der Waals surface area (Å²) >= 11 is 0. The lowest BCUT2D eigenvalue weighted by Gasteiger charge is -2.22. The van der Waals surface area contributed by atoms with Gasteiger partial charge in [0.05, 0.1) is 6.61 Å². The predicted molar refractivity (Wildman–Crippen MR) is 63.7 cm³/mol. The summed E-state index contributed by atoms with van der Waals surface area (Å²) in [6.45, 7) is 0.759. The minimum Gasteiger partial charge on any atom is -0.395 e. The number of hydrogen-bond acceptors (Lipinski definition) is 3. The fraction of sp³-hybridized carbons (Fsp3) is 0.417. The SMILES string of the molecule is CN(CCO)c1ccc2c(c1)CCC(=O)N2. The molecule has 0 fully saturated rings. The maximum atomic E-state index is 11.2. The second-order valence-electron chi connectivity index (χ2n) is 4.03. The van der Waals surface area contributed by atoms with Crippen LogP contribution in [0.25, 0.3) is 0 Å². The van der Waals surface area contributed by atoms with Crippen LogP contribution < -0.4 is 10.2 Å². The Balaban J connectivity index is 2.22. The third-order valence-corrected chi connectivity index (χ3v) is 2.86. The van der Waals surface area contributed by atoms with E-state index in [-0.39, 0.29) is 12.5 Å². The molecule has 0 saturated heterocycles. The number of nitrogens with zero attached hydrogens (tertiary/aromatic N) is 1. The number of aliphatic hydroxyl groups is 1. The van der Waals surface area contributed by atoms with Crippen LogP contribution in [0.4, 0.5) is 11.4 Å². The molecule has 1 aliphatic heterocycles. The summed E-state index contributed by atoms with van der Waals surface area (Å²) in [6, 6.07) is 5.96. The average molecular weight is 220 g/mol. The Kier molecular flexibility index (Phi) is 3.10. The molecule has 0 bridgehead atoms. The predicted octanol–water partition coefficient (Wildman–Crippen LogP) is 1.000. The Bertz CT molecular complexity index is 404. The van der Waals surface area contributed by atoms with E-state index in [1.165, 1.54) is 5.56 Å². The second-order valence-corrected chi connectivity index (χ2v) is 4.03. The van der Waals surface area contributed by atoms with Crippen molar-refractivity contribution in [3.05, 3.63) is 23.8 Å². The first-order valence-electron chi connectivity index (χ1n) is 5.45. The zero-order valence-electron chi connectivity index (χ0n) is 9.36. The van der Waals surface area contributed by atoms with Crippen LogP contribution in [-0.2, 0) is 11.2 Å². The average Bonchev–Trinajstić information content (AvgIpc) is 2.28. The van der Waals surface area contributed by atoms with Gasteiger partial charge >= 0.3 is 0 Å². The molecule has 1 heterocycles. The molecule has 1 aromatic rings. The number of likely N-dealkylation sites (N-methyl/N-ethyl adjacent to an activating group) is 1. The van der Waals surface area contributed by atoms with Gasteiger partial charge in [-0.3, -0.25) is 4.79 Å². The van der Waals surface area contributed by atoms with E-state index in [1.807, 2.05) is 24.1 Å². The number of aliphatic hydroxyl groups excluding tert-OH is 1. The fourth-order valence-corrected chi connectivity index (χ4v) is 1.89. The molecule has 1 aliphatic rings. The molecule has 0 saturated carbocycles. The van der Waals surface area contributed by atoms with E-state index in [0.29, 0.717) is 13.0 Å². The number of nitrogens with one attached hydrogen (secondary N) is 1. The molecular weight excluding hydrogens is 204 g/mol. The maximum Gasteiger partial charge on any atom is 0.224 e. The van der Waals surface area contributed by atoms with Gasteiger partial charge in [0.2, 0.25) is 5.91 Å². The number of benzene rings is 1. The van der Waals surface area contributed by atoms with Crippen LogP contribution in [-0.4, -0.2) is 31.2 Å². The third-order valence-electron chi connectivity index (χ3n) is 2.86. The minimum absolute atomic E-state index is 0.0870. The molecule has 2 N–H and O–H groups in total. The molecule has 0 aromatic heterocycles. The summed E-state index contributed by atoms with van der Waals surface area (Å²) in [4.78, 5) is 13.2. The first-order chi connectivity index (χ1) is 7.70. The van der Waals surface area contributed by atoms with E-state index in [4.69, 9.17) is 5.11 Å². The monoisotopic (exact) mass is 220 g/mol. The van der Waals surface area contributed by atoms with Gasteiger partial charge < -0.3 is 15.3 Å². The van der Waals surface area contributed by atoms with Crippen LogP contribution in [0.5, 0.6) is 0 Å².